The van der Waals surface area contributed by atoms with Gasteiger partial charge in [0.15, 0.2) is 25.2 Å². The van der Waals surface area contributed by atoms with Crippen LogP contribution in [0.25, 0.3) is 0 Å². The van der Waals surface area contributed by atoms with Gasteiger partial charge in [0.1, 0.15) is 85.5 Å². The van der Waals surface area contributed by atoms with Gasteiger partial charge in [0.05, 0.1) is 62.4 Å². The lowest BCUT2D eigenvalue weighted by Crippen LogP contribution is -2.68. The fraction of sp³-hybridized carbons (Fsp3) is 0.950. The number of carbonyl (C=O) groups is 1. The third-order valence-corrected chi connectivity index (χ3v) is 24.0. The summed E-state index contributed by atoms with van der Waals surface area (Å²) in [5, 5.41) is 152. The molecule has 5 saturated heterocycles. The van der Waals surface area contributed by atoms with Crippen molar-refractivity contribution in [3.8, 4) is 0 Å². The molecule has 10 aliphatic rings. The molecule has 0 amide bonds. The number of esters is 1. The Morgan fingerprint density at radius 1 is 0.553 bits per heavy atom. The van der Waals surface area contributed by atoms with Crippen LogP contribution in [0.2, 0.25) is 0 Å². The van der Waals surface area contributed by atoms with E-state index in [9.17, 15) is 71.5 Å². The van der Waals surface area contributed by atoms with Crippen molar-refractivity contribution >= 4 is 5.97 Å². The van der Waals surface area contributed by atoms with Gasteiger partial charge in [-0.3, -0.25) is 4.79 Å². The molecule has 5 aliphatic carbocycles. The average molecular weight is 1220 g/mol. The van der Waals surface area contributed by atoms with Crippen molar-refractivity contribution in [1.29, 1.82) is 0 Å². The van der Waals surface area contributed by atoms with Crippen molar-refractivity contribution in [2.24, 2.45) is 62.6 Å². The molecule has 25 heteroatoms. The van der Waals surface area contributed by atoms with Crippen LogP contribution in [0.5, 0.6) is 0 Å². The zero-order chi connectivity index (χ0) is 61.9. The number of hydrogen-bond donors (Lipinski definition) is 14. The van der Waals surface area contributed by atoms with Crippen LogP contribution in [0.1, 0.15) is 120 Å². The molecule has 488 valence electrons. The number of carbonyl (C=O) groups excluding carboxylic acids is 1. The van der Waals surface area contributed by atoms with Crippen LogP contribution in [-0.4, -0.2) is 251 Å². The van der Waals surface area contributed by atoms with Crippen molar-refractivity contribution in [2.45, 2.75) is 267 Å². The van der Waals surface area contributed by atoms with E-state index in [4.69, 9.17) is 47.4 Å². The van der Waals surface area contributed by atoms with E-state index in [0.717, 1.165) is 37.7 Å². The molecule has 0 radical (unpaired) electrons. The van der Waals surface area contributed by atoms with Crippen molar-refractivity contribution in [3.05, 3.63) is 12.2 Å². The second-order valence-electron chi connectivity index (χ2n) is 28.3. The monoisotopic (exact) mass is 1220 g/mol. The number of rotatable bonds is 14. The maximum absolute atomic E-state index is 15.3. The van der Waals surface area contributed by atoms with E-state index in [0.29, 0.717) is 32.1 Å². The summed E-state index contributed by atoms with van der Waals surface area (Å²) in [6.07, 6.45) is -27.6. The molecule has 10 rings (SSSR count). The van der Waals surface area contributed by atoms with E-state index >= 15 is 4.79 Å². The summed E-state index contributed by atoms with van der Waals surface area (Å²) in [6.45, 7) is 18.6. The molecule has 0 aromatic heterocycles. The first-order chi connectivity index (χ1) is 39.9. The van der Waals surface area contributed by atoms with Crippen LogP contribution in [0, 0.1) is 62.6 Å². The molecule has 0 bridgehead atoms. The summed E-state index contributed by atoms with van der Waals surface area (Å²) < 4.78 is 60.2. The average Bonchev–Trinajstić information content (AvgIpc) is 1.62. The molecular formula is C60H98O25. The summed E-state index contributed by atoms with van der Waals surface area (Å²) >= 11 is 0. The van der Waals surface area contributed by atoms with Gasteiger partial charge in [-0.1, -0.05) is 46.8 Å². The van der Waals surface area contributed by atoms with E-state index in [2.05, 4.69) is 27.4 Å². The molecule has 85 heavy (non-hydrogen) atoms. The highest BCUT2D eigenvalue weighted by Crippen LogP contribution is 2.78. The normalized spacial score (nSPS) is 56.3. The number of fused-ring (bicyclic) bond motifs is 7. The fourth-order valence-corrected chi connectivity index (χ4v) is 18.6. The molecule has 10 fully saturated rings. The van der Waals surface area contributed by atoms with E-state index in [1.54, 1.807) is 6.92 Å². The largest absolute Gasteiger partial charge is 0.432 e. The Hall–Kier alpha value is -1.71. The molecule has 25 nitrogen and oxygen atoms in total. The van der Waals surface area contributed by atoms with Crippen molar-refractivity contribution in [3.63, 3.8) is 0 Å². The van der Waals surface area contributed by atoms with Gasteiger partial charge in [-0.15, -0.1) is 0 Å². The van der Waals surface area contributed by atoms with E-state index in [1.165, 1.54) is 13.8 Å². The smallest absolute Gasteiger partial charge is 0.314 e. The Morgan fingerprint density at radius 2 is 1.15 bits per heavy atom. The first kappa shape index (κ1) is 66.2. The van der Waals surface area contributed by atoms with Crippen LogP contribution >= 0.6 is 0 Å². The molecule has 3 unspecified atom stereocenters. The third kappa shape index (κ3) is 10.9. The number of aliphatic hydroxyl groups excluding tert-OH is 14. The standard InChI is InChI=1S/C60H98O25/c1-24(2)28-12-17-60(55(75)85-53-44(71)37(64)25(3)32(81-53)22-77-50-47(74)43(70)48(31(20-61)80-50)83-51-45(72)41(68)38(65)26(4)78-51)19-18-58(8)29(36(28)60)10-11-34-56(6)15-14-35(57(7,23-62)33(56)13-16-59(34,58)9)82-54-49(40(67)30(63)21-76-54)84-52-46(73)42(69)39(66)27(5)79-52/h25-54,61-74H,1,10-23H2,2-9H3/t25-,26+,27+,28?,29-,30+,31-,32-,33-,34-,35+,36+,37+,38+,39+,40+,41-,42-,43-,44?,45-,46-,47-,48-,49-,50-,51+,52+,53+,54+,56+,57?,58-,59-,60+/m1/s1. The van der Waals surface area contributed by atoms with E-state index < -0.39 is 183 Å². The fourth-order valence-electron chi connectivity index (χ4n) is 18.6. The quantitative estimate of drug-likeness (QED) is 0.0539. The Kier molecular flexibility index (Phi) is 19.3. The molecule has 5 aliphatic heterocycles. The van der Waals surface area contributed by atoms with Gasteiger partial charge in [0.2, 0.25) is 6.29 Å². The highest BCUT2D eigenvalue weighted by Gasteiger charge is 2.73. The second-order valence-corrected chi connectivity index (χ2v) is 28.3. The molecule has 5 saturated carbocycles. The predicted molar refractivity (Wildman–Crippen MR) is 291 cm³/mol. The Labute approximate surface area is 496 Å². The van der Waals surface area contributed by atoms with Gasteiger partial charge >= 0.3 is 5.97 Å². The minimum absolute atomic E-state index is 0.0192. The molecule has 0 aromatic carbocycles. The molecule has 5 heterocycles. The minimum atomic E-state index is -1.81. The van der Waals surface area contributed by atoms with Gasteiger partial charge in [0, 0.05) is 11.3 Å². The van der Waals surface area contributed by atoms with Crippen LogP contribution in [-0.2, 0) is 52.2 Å². The third-order valence-electron chi connectivity index (χ3n) is 24.0. The first-order valence-corrected chi connectivity index (χ1v) is 31.0. The molecular weight excluding hydrogens is 1120 g/mol. The number of allylic oxidation sites excluding steroid dienone is 1. The van der Waals surface area contributed by atoms with E-state index in [1.807, 2.05) is 13.8 Å². The molecule has 0 aromatic rings. The lowest BCUT2D eigenvalue weighted by Gasteiger charge is -2.73. The lowest BCUT2D eigenvalue weighted by molar-refractivity contribution is -0.366. The maximum Gasteiger partial charge on any atom is 0.314 e. The summed E-state index contributed by atoms with van der Waals surface area (Å²) in [5.41, 5.74) is -1.60. The second kappa shape index (κ2) is 24.7. The van der Waals surface area contributed by atoms with Gasteiger partial charge < -0.3 is 119 Å². The number of ether oxygens (including phenoxy) is 10. The molecule has 14 N–H and O–H groups in total. The van der Waals surface area contributed by atoms with Crippen LogP contribution in [0.15, 0.2) is 12.2 Å². The van der Waals surface area contributed by atoms with Gasteiger partial charge in [-0.2, -0.15) is 0 Å². The molecule has 35 atom stereocenters. The van der Waals surface area contributed by atoms with Crippen molar-refractivity contribution < 1.29 is 124 Å². The summed E-state index contributed by atoms with van der Waals surface area (Å²) in [6, 6.07) is 0. The Morgan fingerprint density at radius 3 is 1.76 bits per heavy atom. The van der Waals surface area contributed by atoms with Crippen LogP contribution in [0.3, 0.4) is 0 Å². The zero-order valence-electron chi connectivity index (χ0n) is 50.2. The summed E-state index contributed by atoms with van der Waals surface area (Å²) in [4.78, 5) is 15.3. The lowest BCUT2D eigenvalue weighted by atomic mass is 9.32. The highest BCUT2D eigenvalue weighted by atomic mass is 16.8. The summed E-state index contributed by atoms with van der Waals surface area (Å²) in [5.74, 6) is -1.32. The Bertz CT molecular complexity index is 2340. The number of aliphatic hydroxyl groups is 14. The van der Waals surface area contributed by atoms with Gasteiger partial charge in [-0.05, 0) is 131 Å². The molecule has 0 spiro atoms. The summed E-state index contributed by atoms with van der Waals surface area (Å²) in [7, 11) is 0. The predicted octanol–water partition coefficient (Wildman–Crippen LogP) is -1.41. The number of hydrogen-bond acceptors (Lipinski definition) is 25. The first-order valence-electron chi connectivity index (χ1n) is 31.0. The Balaban J connectivity index is 0.820. The zero-order valence-corrected chi connectivity index (χ0v) is 50.2. The van der Waals surface area contributed by atoms with Crippen molar-refractivity contribution in [2.75, 3.05) is 26.4 Å². The maximum atomic E-state index is 15.3. The van der Waals surface area contributed by atoms with Crippen LogP contribution < -0.4 is 0 Å². The topological polar surface area (TPSA) is 393 Å². The van der Waals surface area contributed by atoms with Gasteiger partial charge in [0.25, 0.3) is 0 Å². The van der Waals surface area contributed by atoms with E-state index in [-0.39, 0.29) is 59.0 Å². The van der Waals surface area contributed by atoms with Crippen molar-refractivity contribution in [1.82, 2.24) is 0 Å². The van der Waals surface area contributed by atoms with Crippen LogP contribution in [0.4, 0.5) is 0 Å². The minimum Gasteiger partial charge on any atom is -0.432 e. The highest BCUT2D eigenvalue weighted by molar-refractivity contribution is 5.78. The van der Waals surface area contributed by atoms with Gasteiger partial charge in [-0.25, -0.2) is 0 Å². The SMILES string of the molecule is C=C(C)C1CC[C@]2(C(=O)O[C@@H]3O[C@H](CO[C@@H]4O[C@H](CO)[C@@H](O[C@@H]5O[C@@H](C)[C@H](O)[C@@H](O)[C@H]5O)[C@H](O)[C@H]4O)[C@@H](C)[C@H](O)C3O)CC[C@]3(C)[C@H](CC[C@@H]4[C@@]5(C)CC[C@H](O[C@@H]6OC[C@H](O)[C@H](O)[C@H]6O[C@@H]6O[C@@H](C)[C@H](O)[C@@H](O)[C@H]6O)C(C)(CO)[C@@H]5CC[C@]43C)[C@H]12.